The summed E-state index contributed by atoms with van der Waals surface area (Å²) in [7, 11) is 0. The lowest BCUT2D eigenvalue weighted by Crippen LogP contribution is -2.45. The van der Waals surface area contributed by atoms with Gasteiger partial charge in [0.05, 0.1) is 25.4 Å². The van der Waals surface area contributed by atoms with Gasteiger partial charge in [0.1, 0.15) is 0 Å². The molecule has 364 valence electrons. The highest BCUT2D eigenvalue weighted by atomic mass is 16.5. The Labute approximate surface area is 385 Å². The molecule has 0 saturated heterocycles. The normalized spacial score (nSPS) is 12.9. The standard InChI is InChI=1S/C56H105NO5/c1-3-5-7-9-11-13-15-17-19-21-23-25-28-32-36-40-44-48-54(59)53(52-58)57-55(60)49-45-41-37-33-29-27-31-35-39-43-47-51-62-56(61)50-46-42-38-34-30-26-24-22-20-18-16-14-12-10-8-6-4-2/h12,14,18,20,44,48,53-54,58-59H,3-11,13,15-17,19,21-43,45-47,49-52H2,1-2H3,(H,57,60)/b14-12-,20-18-,48-44+. The van der Waals surface area contributed by atoms with E-state index < -0.39 is 12.1 Å². The molecule has 0 aliphatic rings. The molecule has 0 heterocycles. The molecule has 0 bridgehead atoms. The number of aliphatic hydroxyl groups is 2. The highest BCUT2D eigenvalue weighted by Gasteiger charge is 2.18. The summed E-state index contributed by atoms with van der Waals surface area (Å²) in [6.45, 7) is 4.84. The molecule has 6 nitrogen and oxygen atoms in total. The van der Waals surface area contributed by atoms with E-state index in [1.807, 2.05) is 6.08 Å². The number of rotatable bonds is 50. The Morgan fingerprint density at radius 2 is 0.806 bits per heavy atom. The van der Waals surface area contributed by atoms with Crippen LogP contribution in [0, 0.1) is 0 Å². The molecule has 2 unspecified atom stereocenters. The highest BCUT2D eigenvalue weighted by molar-refractivity contribution is 5.76. The second kappa shape index (κ2) is 51.7. The average Bonchev–Trinajstić information content (AvgIpc) is 3.27. The van der Waals surface area contributed by atoms with Crippen molar-refractivity contribution in [1.82, 2.24) is 5.32 Å². The van der Waals surface area contributed by atoms with E-state index in [0.717, 1.165) is 64.2 Å². The minimum atomic E-state index is -0.858. The third-order valence-electron chi connectivity index (χ3n) is 12.4. The molecule has 0 aliphatic heterocycles. The number of allylic oxidation sites excluding steroid dienone is 5. The van der Waals surface area contributed by atoms with Gasteiger partial charge in [-0.2, -0.15) is 0 Å². The van der Waals surface area contributed by atoms with E-state index in [-0.39, 0.29) is 18.5 Å². The van der Waals surface area contributed by atoms with Crippen LogP contribution in [0.25, 0.3) is 0 Å². The SMILES string of the molecule is CCCCC/C=C\C/C=C\CCCCCCCCCC(=O)OCCCCCCCCCCCCCC(=O)NC(CO)C(O)/C=C/CCCCCCCCCCCCCCCCC. The van der Waals surface area contributed by atoms with Crippen molar-refractivity contribution in [2.24, 2.45) is 0 Å². The van der Waals surface area contributed by atoms with Gasteiger partial charge in [-0.25, -0.2) is 0 Å². The Hall–Kier alpha value is -1.92. The van der Waals surface area contributed by atoms with Crippen LogP contribution in [-0.4, -0.2) is 47.4 Å². The van der Waals surface area contributed by atoms with Crippen LogP contribution < -0.4 is 5.32 Å². The van der Waals surface area contributed by atoms with E-state index >= 15 is 0 Å². The van der Waals surface area contributed by atoms with Crippen LogP contribution in [0.1, 0.15) is 284 Å². The van der Waals surface area contributed by atoms with Crippen molar-refractivity contribution in [3.05, 3.63) is 36.5 Å². The lowest BCUT2D eigenvalue weighted by Gasteiger charge is -2.20. The van der Waals surface area contributed by atoms with Gasteiger partial charge in [0, 0.05) is 12.8 Å². The number of carbonyl (C=O) groups excluding carboxylic acids is 2. The number of hydrogen-bond acceptors (Lipinski definition) is 5. The zero-order valence-corrected chi connectivity index (χ0v) is 41.4. The minimum Gasteiger partial charge on any atom is -0.466 e. The second-order valence-corrected chi connectivity index (χ2v) is 18.6. The summed E-state index contributed by atoms with van der Waals surface area (Å²) < 4.78 is 5.46. The van der Waals surface area contributed by atoms with Crippen molar-refractivity contribution in [3.63, 3.8) is 0 Å². The van der Waals surface area contributed by atoms with Gasteiger partial charge in [0.25, 0.3) is 0 Å². The first-order valence-corrected chi connectivity index (χ1v) is 27.3. The van der Waals surface area contributed by atoms with Crippen LogP contribution in [0.15, 0.2) is 36.5 Å². The third-order valence-corrected chi connectivity index (χ3v) is 12.4. The smallest absolute Gasteiger partial charge is 0.305 e. The second-order valence-electron chi connectivity index (χ2n) is 18.6. The monoisotopic (exact) mass is 872 g/mol. The molecule has 0 spiro atoms. The number of hydrogen-bond donors (Lipinski definition) is 3. The summed E-state index contributed by atoms with van der Waals surface area (Å²) in [5.41, 5.74) is 0. The maximum absolute atomic E-state index is 12.4. The molecule has 1 amide bonds. The molecule has 0 radical (unpaired) electrons. The molecule has 0 aromatic carbocycles. The average molecular weight is 872 g/mol. The van der Waals surface area contributed by atoms with Crippen molar-refractivity contribution in [1.29, 1.82) is 0 Å². The maximum Gasteiger partial charge on any atom is 0.305 e. The van der Waals surface area contributed by atoms with Crippen LogP contribution in [0.5, 0.6) is 0 Å². The number of unbranched alkanes of at least 4 members (excludes halogenated alkanes) is 35. The summed E-state index contributed by atoms with van der Waals surface area (Å²) in [6.07, 6.45) is 62.8. The van der Waals surface area contributed by atoms with Crippen molar-refractivity contribution in [2.45, 2.75) is 296 Å². The largest absolute Gasteiger partial charge is 0.466 e. The van der Waals surface area contributed by atoms with Gasteiger partial charge in [-0.1, -0.05) is 243 Å². The summed E-state index contributed by atoms with van der Waals surface area (Å²) >= 11 is 0. The molecule has 0 aliphatic carbocycles. The summed E-state index contributed by atoms with van der Waals surface area (Å²) in [5.74, 6) is -0.110. The fourth-order valence-corrected chi connectivity index (χ4v) is 8.19. The Kier molecular flexibility index (Phi) is 50.1. The number of amides is 1. The first kappa shape index (κ1) is 60.1. The van der Waals surface area contributed by atoms with Crippen LogP contribution >= 0.6 is 0 Å². The molecule has 0 fully saturated rings. The predicted octanol–water partition coefficient (Wildman–Crippen LogP) is 16.5. The van der Waals surface area contributed by atoms with Gasteiger partial charge in [0.2, 0.25) is 5.91 Å². The molecule has 3 N–H and O–H groups in total. The number of esters is 1. The van der Waals surface area contributed by atoms with Crippen LogP contribution in [0.3, 0.4) is 0 Å². The molecule has 0 aromatic rings. The zero-order chi connectivity index (χ0) is 45.1. The Bertz CT molecular complexity index is 1010. The number of carbonyl (C=O) groups is 2. The van der Waals surface area contributed by atoms with E-state index in [2.05, 4.69) is 43.5 Å². The van der Waals surface area contributed by atoms with Crippen molar-refractivity contribution < 1.29 is 24.5 Å². The van der Waals surface area contributed by atoms with Gasteiger partial charge >= 0.3 is 5.97 Å². The van der Waals surface area contributed by atoms with Gasteiger partial charge in [0.15, 0.2) is 0 Å². The van der Waals surface area contributed by atoms with Gasteiger partial charge in [-0.05, 0) is 64.2 Å². The fraction of sp³-hybridized carbons (Fsp3) is 0.857. The molecule has 6 heteroatoms. The fourth-order valence-electron chi connectivity index (χ4n) is 8.19. The van der Waals surface area contributed by atoms with E-state index in [1.54, 1.807) is 6.08 Å². The van der Waals surface area contributed by atoms with Gasteiger partial charge < -0.3 is 20.3 Å². The van der Waals surface area contributed by atoms with Gasteiger partial charge in [-0.15, -0.1) is 0 Å². The van der Waals surface area contributed by atoms with E-state index in [4.69, 9.17) is 4.74 Å². The van der Waals surface area contributed by atoms with Crippen molar-refractivity contribution in [2.75, 3.05) is 13.2 Å². The number of ether oxygens (including phenoxy) is 1. The first-order chi connectivity index (χ1) is 30.5. The molecule has 62 heavy (non-hydrogen) atoms. The van der Waals surface area contributed by atoms with Crippen molar-refractivity contribution in [3.8, 4) is 0 Å². The predicted molar refractivity (Wildman–Crippen MR) is 269 cm³/mol. The van der Waals surface area contributed by atoms with E-state index in [1.165, 1.54) is 193 Å². The third kappa shape index (κ3) is 47.6. The molecule has 0 saturated carbocycles. The van der Waals surface area contributed by atoms with Crippen molar-refractivity contribution >= 4 is 11.9 Å². The molecule has 0 aromatic heterocycles. The number of aliphatic hydroxyl groups excluding tert-OH is 2. The molecular weight excluding hydrogens is 767 g/mol. The minimum absolute atomic E-state index is 0.0233. The molecular formula is C56H105NO5. The highest BCUT2D eigenvalue weighted by Crippen LogP contribution is 2.16. The number of nitrogens with one attached hydrogen (secondary N) is 1. The zero-order valence-electron chi connectivity index (χ0n) is 41.4. The lowest BCUT2D eigenvalue weighted by molar-refractivity contribution is -0.143. The lowest BCUT2D eigenvalue weighted by atomic mass is 10.0. The van der Waals surface area contributed by atoms with E-state index in [9.17, 15) is 19.8 Å². The van der Waals surface area contributed by atoms with Crippen LogP contribution in [0.2, 0.25) is 0 Å². The Morgan fingerprint density at radius 1 is 0.452 bits per heavy atom. The van der Waals surface area contributed by atoms with E-state index in [0.29, 0.717) is 19.4 Å². The van der Waals surface area contributed by atoms with Gasteiger partial charge in [-0.3, -0.25) is 9.59 Å². The van der Waals surface area contributed by atoms with Crippen LogP contribution in [-0.2, 0) is 14.3 Å². The molecule has 2 atom stereocenters. The topological polar surface area (TPSA) is 95.9 Å². The molecule has 0 rings (SSSR count). The summed E-state index contributed by atoms with van der Waals surface area (Å²) in [5, 5.41) is 23.1. The quantitative estimate of drug-likeness (QED) is 0.0321. The summed E-state index contributed by atoms with van der Waals surface area (Å²) in [6, 6.07) is -0.643. The summed E-state index contributed by atoms with van der Waals surface area (Å²) in [4.78, 5) is 24.5. The maximum atomic E-state index is 12.4. The Morgan fingerprint density at radius 3 is 1.26 bits per heavy atom. The first-order valence-electron chi connectivity index (χ1n) is 27.3. The Balaban J connectivity index is 3.51. The van der Waals surface area contributed by atoms with Crippen LogP contribution in [0.4, 0.5) is 0 Å².